The molecule has 1 aliphatic heterocycles. The van der Waals surface area contributed by atoms with Crippen LogP contribution in [0.3, 0.4) is 0 Å². The number of quaternary nitrogens is 1. The number of hydrogen-bond acceptors (Lipinski definition) is 2. The van der Waals surface area contributed by atoms with Gasteiger partial charge in [0.15, 0.2) is 0 Å². The molecule has 0 unspecified atom stereocenters. The first-order valence-electron chi connectivity index (χ1n) is 9.31. The predicted octanol–water partition coefficient (Wildman–Crippen LogP) is 1.01. The highest BCUT2D eigenvalue weighted by Gasteiger charge is 2.30. The molecule has 0 radical (unpaired) electrons. The van der Waals surface area contributed by atoms with E-state index >= 15 is 0 Å². The van der Waals surface area contributed by atoms with E-state index in [0.717, 1.165) is 48.3 Å². The molecular weight excluding hydrogens is 360 g/mol. The lowest BCUT2D eigenvalue weighted by Crippen LogP contribution is -3.00. The van der Waals surface area contributed by atoms with E-state index in [2.05, 4.69) is 31.5 Å². The number of nitrogens with one attached hydrogen (secondary N) is 1. The zero-order valence-electron chi connectivity index (χ0n) is 16.4. The number of rotatable bonds is 5. The Balaban J connectivity index is 0.00000261. The third-order valence-corrected chi connectivity index (χ3v) is 5.26. The Kier molecular flexibility index (Phi) is 7.42. The average Bonchev–Trinajstić information content (AvgIpc) is 2.64. The molecule has 4 nitrogen and oxygen atoms in total. The van der Waals surface area contributed by atoms with Crippen molar-refractivity contribution < 1.29 is 26.4 Å². The van der Waals surface area contributed by atoms with Gasteiger partial charge in [0, 0.05) is 29.7 Å². The van der Waals surface area contributed by atoms with Crippen molar-refractivity contribution in [1.82, 2.24) is 0 Å². The number of amides is 1. The molecule has 2 aromatic carbocycles. The Labute approximate surface area is 168 Å². The van der Waals surface area contributed by atoms with Crippen molar-refractivity contribution in [2.45, 2.75) is 32.4 Å². The Hall–Kier alpha value is -1.88. The van der Waals surface area contributed by atoms with Crippen molar-refractivity contribution in [3.63, 3.8) is 0 Å². The van der Waals surface area contributed by atoms with Gasteiger partial charge in [-0.25, -0.2) is 0 Å². The summed E-state index contributed by atoms with van der Waals surface area (Å²) >= 11 is 0. The third-order valence-electron chi connectivity index (χ3n) is 5.26. The average molecular weight is 389 g/mol. The summed E-state index contributed by atoms with van der Waals surface area (Å²) in [7, 11) is 4.59. The molecule has 0 aliphatic carbocycles. The fourth-order valence-corrected chi connectivity index (χ4v) is 3.67. The van der Waals surface area contributed by atoms with E-state index in [4.69, 9.17) is 4.74 Å². The van der Waals surface area contributed by atoms with Crippen LogP contribution in [0.2, 0.25) is 0 Å². The third kappa shape index (κ3) is 5.80. The van der Waals surface area contributed by atoms with Crippen LogP contribution < -0.4 is 17.7 Å². The molecule has 1 heterocycles. The SMILES string of the molecule is Cc1cccc(C(=O)Nc2ccc(C[N+](C)(C)C3CCOCC3)cc2)c1.[Cl-]. The number of ether oxygens (including phenoxy) is 1. The first-order chi connectivity index (χ1) is 12.4. The van der Waals surface area contributed by atoms with Crippen LogP contribution in [0.25, 0.3) is 0 Å². The molecule has 1 saturated heterocycles. The van der Waals surface area contributed by atoms with Crippen molar-refractivity contribution in [3.05, 3.63) is 65.2 Å². The van der Waals surface area contributed by atoms with Crippen molar-refractivity contribution >= 4 is 11.6 Å². The molecule has 1 aliphatic rings. The molecule has 5 heteroatoms. The van der Waals surface area contributed by atoms with Gasteiger partial charge in [0.2, 0.25) is 0 Å². The minimum atomic E-state index is -0.0697. The lowest BCUT2D eigenvalue weighted by molar-refractivity contribution is -0.929. The topological polar surface area (TPSA) is 38.3 Å². The number of carbonyl (C=O) groups excluding carboxylic acids is 1. The number of carbonyl (C=O) groups is 1. The lowest BCUT2D eigenvalue weighted by Gasteiger charge is -2.40. The maximum absolute atomic E-state index is 12.4. The Bertz CT molecular complexity index is 753. The number of aryl methyl sites for hydroxylation is 1. The van der Waals surface area contributed by atoms with Gasteiger partial charge in [-0.2, -0.15) is 0 Å². The molecule has 0 aromatic heterocycles. The maximum atomic E-state index is 12.4. The van der Waals surface area contributed by atoms with Gasteiger partial charge in [0.1, 0.15) is 6.54 Å². The van der Waals surface area contributed by atoms with E-state index < -0.39 is 0 Å². The molecule has 146 valence electrons. The minimum absolute atomic E-state index is 0. The summed E-state index contributed by atoms with van der Waals surface area (Å²) in [6.45, 7) is 4.72. The van der Waals surface area contributed by atoms with Gasteiger partial charge in [-0.05, 0) is 31.2 Å². The maximum Gasteiger partial charge on any atom is 0.255 e. The monoisotopic (exact) mass is 388 g/mol. The van der Waals surface area contributed by atoms with Crippen molar-refractivity contribution in [2.75, 3.05) is 32.6 Å². The molecule has 0 bridgehead atoms. The second-order valence-electron chi connectivity index (χ2n) is 7.80. The largest absolute Gasteiger partial charge is 1.00 e. The highest BCUT2D eigenvalue weighted by molar-refractivity contribution is 6.04. The van der Waals surface area contributed by atoms with Crippen LogP contribution >= 0.6 is 0 Å². The Morgan fingerprint density at radius 3 is 2.41 bits per heavy atom. The van der Waals surface area contributed by atoms with E-state index in [0.29, 0.717) is 11.6 Å². The first-order valence-corrected chi connectivity index (χ1v) is 9.31. The minimum Gasteiger partial charge on any atom is -1.00 e. The number of nitrogens with zero attached hydrogens (tertiary/aromatic N) is 1. The zero-order valence-corrected chi connectivity index (χ0v) is 17.1. The van der Waals surface area contributed by atoms with E-state index in [9.17, 15) is 4.79 Å². The van der Waals surface area contributed by atoms with Crippen LogP contribution in [0.1, 0.15) is 34.3 Å². The smallest absolute Gasteiger partial charge is 0.255 e. The van der Waals surface area contributed by atoms with Crippen molar-refractivity contribution in [3.8, 4) is 0 Å². The van der Waals surface area contributed by atoms with E-state index in [1.165, 1.54) is 5.56 Å². The summed E-state index contributed by atoms with van der Waals surface area (Å²) in [6.07, 6.45) is 2.25. The highest BCUT2D eigenvalue weighted by Crippen LogP contribution is 2.23. The first kappa shape index (κ1) is 21.4. The van der Waals surface area contributed by atoms with Gasteiger partial charge in [-0.1, -0.05) is 29.8 Å². The zero-order chi connectivity index (χ0) is 18.6. The number of benzene rings is 2. The summed E-state index contributed by atoms with van der Waals surface area (Å²) in [5, 5.41) is 2.98. The fourth-order valence-electron chi connectivity index (χ4n) is 3.67. The molecule has 1 N–H and O–H groups in total. The molecule has 3 rings (SSSR count). The van der Waals surface area contributed by atoms with Crippen molar-refractivity contribution in [2.24, 2.45) is 0 Å². The molecule has 1 amide bonds. The van der Waals surface area contributed by atoms with Gasteiger partial charge in [0.05, 0.1) is 33.4 Å². The number of anilines is 1. The molecule has 0 saturated carbocycles. The van der Waals surface area contributed by atoms with Gasteiger partial charge in [0.25, 0.3) is 5.91 Å². The molecule has 0 spiro atoms. The molecular formula is C22H29ClN2O2. The quantitative estimate of drug-likeness (QED) is 0.776. The molecule has 27 heavy (non-hydrogen) atoms. The van der Waals surface area contributed by atoms with E-state index in [1.54, 1.807) is 0 Å². The van der Waals surface area contributed by atoms with E-state index in [-0.39, 0.29) is 18.3 Å². The highest BCUT2D eigenvalue weighted by atomic mass is 35.5. The molecule has 1 fully saturated rings. The van der Waals surface area contributed by atoms with Crippen LogP contribution in [0.15, 0.2) is 48.5 Å². The van der Waals surface area contributed by atoms with E-state index in [1.807, 2.05) is 43.3 Å². The summed E-state index contributed by atoms with van der Waals surface area (Å²) in [5.74, 6) is -0.0697. The van der Waals surface area contributed by atoms with Crippen LogP contribution in [0, 0.1) is 6.92 Å². The Morgan fingerprint density at radius 1 is 1.11 bits per heavy atom. The van der Waals surface area contributed by atoms with Gasteiger partial charge < -0.3 is 26.9 Å². The number of halogens is 1. The van der Waals surface area contributed by atoms with Crippen LogP contribution in [0.4, 0.5) is 5.69 Å². The second kappa shape index (κ2) is 9.36. The fraction of sp³-hybridized carbons (Fsp3) is 0.409. The number of hydrogen-bond donors (Lipinski definition) is 1. The van der Waals surface area contributed by atoms with Gasteiger partial charge in [-0.15, -0.1) is 0 Å². The summed E-state index contributed by atoms with van der Waals surface area (Å²) in [5.41, 5.74) is 3.89. The van der Waals surface area contributed by atoms with Crippen LogP contribution in [0.5, 0.6) is 0 Å². The van der Waals surface area contributed by atoms with Gasteiger partial charge >= 0.3 is 0 Å². The Morgan fingerprint density at radius 2 is 1.78 bits per heavy atom. The summed E-state index contributed by atoms with van der Waals surface area (Å²) in [6, 6.07) is 16.5. The van der Waals surface area contributed by atoms with Crippen LogP contribution in [-0.4, -0.2) is 43.7 Å². The standard InChI is InChI=1S/C22H28N2O2.ClH/c1-17-5-4-6-19(15-17)22(25)23-20-9-7-18(8-10-20)16-24(2,3)21-11-13-26-14-12-21;/h4-10,15,21H,11-14,16H2,1-3H3;1H. The molecule has 2 aromatic rings. The second-order valence-corrected chi connectivity index (χ2v) is 7.80. The summed E-state index contributed by atoms with van der Waals surface area (Å²) < 4.78 is 6.46. The van der Waals surface area contributed by atoms with Crippen molar-refractivity contribution in [1.29, 1.82) is 0 Å². The predicted molar refractivity (Wildman–Crippen MR) is 105 cm³/mol. The van der Waals surface area contributed by atoms with Crippen LogP contribution in [-0.2, 0) is 11.3 Å². The summed E-state index contributed by atoms with van der Waals surface area (Å²) in [4.78, 5) is 12.4. The molecule has 0 atom stereocenters. The lowest BCUT2D eigenvalue weighted by atomic mass is 10.0. The van der Waals surface area contributed by atoms with Gasteiger partial charge in [-0.3, -0.25) is 4.79 Å². The normalized spacial score (nSPS) is 15.1.